The Balaban J connectivity index is 1.48. The van der Waals surface area contributed by atoms with Gasteiger partial charge in [0.05, 0.1) is 0 Å². The summed E-state index contributed by atoms with van der Waals surface area (Å²) in [5.41, 5.74) is 6.56. The molecule has 1 aliphatic rings. The fourth-order valence-corrected chi connectivity index (χ4v) is 4.64. The third-order valence-electron chi connectivity index (χ3n) is 6.38. The molecule has 0 unspecified atom stereocenters. The molecule has 2 aromatic heterocycles. The molecule has 0 amide bonds. The second kappa shape index (κ2) is 7.80. The van der Waals surface area contributed by atoms with E-state index in [-0.39, 0.29) is 5.41 Å². The monoisotopic (exact) mass is 448 g/mol. The van der Waals surface area contributed by atoms with E-state index in [9.17, 15) is 17.6 Å². The number of hydrogen-bond donors (Lipinski definition) is 0. The molecule has 0 saturated carbocycles. The van der Waals surface area contributed by atoms with Crippen molar-refractivity contribution in [3.05, 3.63) is 118 Å². The van der Waals surface area contributed by atoms with Gasteiger partial charge in [0.1, 0.15) is 0 Å². The van der Waals surface area contributed by atoms with Crippen molar-refractivity contribution in [2.75, 3.05) is 0 Å². The SMILES string of the molecule is CC1(C)c2cc(Cc3ccc(F)nc3F)ccc2-c2ccc(Cc3ccc(F)nc3F)cc21. The smallest absolute Gasteiger partial charge is 0.190 e. The third kappa shape index (κ3) is 3.80. The van der Waals surface area contributed by atoms with Crippen LogP contribution in [-0.2, 0) is 18.3 Å². The zero-order valence-corrected chi connectivity index (χ0v) is 18.1. The van der Waals surface area contributed by atoms with Gasteiger partial charge in [0, 0.05) is 29.4 Å². The summed E-state index contributed by atoms with van der Waals surface area (Å²) in [4.78, 5) is 6.55. The van der Waals surface area contributed by atoms with Crippen molar-refractivity contribution in [3.63, 3.8) is 0 Å². The Morgan fingerprint density at radius 1 is 0.606 bits per heavy atom. The first-order chi connectivity index (χ1) is 15.7. The number of hydrogen-bond acceptors (Lipinski definition) is 2. The number of benzene rings is 2. The highest BCUT2D eigenvalue weighted by atomic mass is 19.1. The molecule has 0 N–H and O–H groups in total. The number of halogens is 4. The van der Waals surface area contributed by atoms with Crippen LogP contribution >= 0.6 is 0 Å². The van der Waals surface area contributed by atoms with E-state index in [1.165, 1.54) is 12.1 Å². The lowest BCUT2D eigenvalue weighted by atomic mass is 9.81. The molecule has 0 radical (unpaired) electrons. The van der Waals surface area contributed by atoms with Crippen LogP contribution in [-0.4, -0.2) is 9.97 Å². The quantitative estimate of drug-likeness (QED) is 0.262. The molecule has 0 fully saturated rings. The normalized spacial score (nSPS) is 13.6. The molecule has 33 heavy (non-hydrogen) atoms. The Kier molecular flexibility index (Phi) is 5.04. The largest absolute Gasteiger partial charge is 0.219 e. The van der Waals surface area contributed by atoms with Crippen LogP contribution < -0.4 is 0 Å². The molecule has 0 saturated heterocycles. The maximum atomic E-state index is 14.0. The van der Waals surface area contributed by atoms with Gasteiger partial charge in [-0.3, -0.25) is 0 Å². The Labute approximate surface area is 189 Å². The summed E-state index contributed by atoms with van der Waals surface area (Å²) < 4.78 is 54.4. The zero-order valence-electron chi connectivity index (χ0n) is 18.1. The van der Waals surface area contributed by atoms with E-state index in [0.717, 1.165) is 45.5 Å². The van der Waals surface area contributed by atoms with Crippen LogP contribution in [0, 0.1) is 23.8 Å². The number of nitrogens with zero attached hydrogens (tertiary/aromatic N) is 2. The van der Waals surface area contributed by atoms with Crippen LogP contribution in [0.5, 0.6) is 0 Å². The first kappa shape index (κ1) is 21.3. The summed E-state index contributed by atoms with van der Waals surface area (Å²) in [6.07, 6.45) is 0.613. The summed E-state index contributed by atoms with van der Waals surface area (Å²) >= 11 is 0. The van der Waals surface area contributed by atoms with E-state index in [0.29, 0.717) is 24.0 Å². The van der Waals surface area contributed by atoms with E-state index >= 15 is 0 Å². The van der Waals surface area contributed by atoms with Gasteiger partial charge in [-0.25, -0.2) is 0 Å². The summed E-state index contributed by atoms with van der Waals surface area (Å²) in [7, 11) is 0. The molecular weight excluding hydrogens is 428 g/mol. The molecule has 2 nitrogen and oxygen atoms in total. The van der Waals surface area contributed by atoms with E-state index < -0.39 is 23.8 Å². The van der Waals surface area contributed by atoms with Gasteiger partial charge in [-0.1, -0.05) is 50.2 Å². The maximum absolute atomic E-state index is 14.0. The van der Waals surface area contributed by atoms with Crippen LogP contribution in [0.2, 0.25) is 0 Å². The van der Waals surface area contributed by atoms with Gasteiger partial charge >= 0.3 is 0 Å². The second-order valence-electron chi connectivity index (χ2n) is 8.91. The van der Waals surface area contributed by atoms with Crippen molar-refractivity contribution in [1.82, 2.24) is 9.97 Å². The Morgan fingerprint density at radius 3 is 1.42 bits per heavy atom. The molecule has 166 valence electrons. The Hall–Kier alpha value is -3.54. The molecule has 5 rings (SSSR count). The molecule has 2 aromatic carbocycles. The summed E-state index contributed by atoms with van der Waals surface area (Å²) in [6, 6.07) is 17.2. The number of rotatable bonds is 4. The number of aromatic nitrogens is 2. The van der Waals surface area contributed by atoms with E-state index in [4.69, 9.17) is 0 Å². The molecule has 0 aliphatic heterocycles. The van der Waals surface area contributed by atoms with Crippen molar-refractivity contribution in [3.8, 4) is 11.1 Å². The lowest BCUT2D eigenvalue weighted by Gasteiger charge is -2.22. The van der Waals surface area contributed by atoms with Crippen LogP contribution in [0.3, 0.4) is 0 Å². The zero-order chi connectivity index (χ0) is 23.3. The van der Waals surface area contributed by atoms with E-state index in [1.807, 2.05) is 24.3 Å². The molecule has 0 spiro atoms. The lowest BCUT2D eigenvalue weighted by Crippen LogP contribution is -2.15. The fourth-order valence-electron chi connectivity index (χ4n) is 4.64. The van der Waals surface area contributed by atoms with Crippen LogP contribution in [0.25, 0.3) is 11.1 Å². The fraction of sp³-hybridized carbons (Fsp3) is 0.185. The number of fused-ring (bicyclic) bond motifs is 3. The lowest BCUT2D eigenvalue weighted by molar-refractivity contribution is 0.504. The first-order valence-electron chi connectivity index (χ1n) is 10.6. The molecular formula is C27H20F4N2. The average Bonchev–Trinajstić information content (AvgIpc) is 2.99. The minimum atomic E-state index is -0.839. The first-order valence-corrected chi connectivity index (χ1v) is 10.6. The number of pyridine rings is 2. The van der Waals surface area contributed by atoms with Gasteiger partial charge in [-0.2, -0.15) is 27.5 Å². The second-order valence-corrected chi connectivity index (χ2v) is 8.91. The molecule has 6 heteroatoms. The summed E-state index contributed by atoms with van der Waals surface area (Å²) in [5, 5.41) is 0. The van der Waals surface area contributed by atoms with Crippen LogP contribution in [0.1, 0.15) is 47.2 Å². The van der Waals surface area contributed by atoms with Crippen molar-refractivity contribution >= 4 is 0 Å². The van der Waals surface area contributed by atoms with Crippen molar-refractivity contribution in [2.24, 2.45) is 0 Å². The van der Waals surface area contributed by atoms with Gasteiger partial charge in [0.15, 0.2) is 0 Å². The molecule has 0 bridgehead atoms. The van der Waals surface area contributed by atoms with Gasteiger partial charge in [0.2, 0.25) is 23.8 Å². The van der Waals surface area contributed by atoms with Gasteiger partial charge in [-0.05, 0) is 57.6 Å². The van der Waals surface area contributed by atoms with Gasteiger partial charge < -0.3 is 0 Å². The van der Waals surface area contributed by atoms with Gasteiger partial charge in [-0.15, -0.1) is 0 Å². The molecule has 0 atom stereocenters. The Bertz CT molecular complexity index is 1290. The highest BCUT2D eigenvalue weighted by Gasteiger charge is 2.35. The topological polar surface area (TPSA) is 25.8 Å². The van der Waals surface area contributed by atoms with E-state index in [1.54, 1.807) is 0 Å². The highest BCUT2D eigenvalue weighted by molar-refractivity contribution is 5.81. The maximum Gasteiger partial charge on any atom is 0.219 e. The highest BCUT2D eigenvalue weighted by Crippen LogP contribution is 2.49. The predicted molar refractivity (Wildman–Crippen MR) is 118 cm³/mol. The third-order valence-corrected chi connectivity index (χ3v) is 6.38. The summed E-state index contributed by atoms with van der Waals surface area (Å²) in [5.74, 6) is -3.28. The predicted octanol–water partition coefficient (Wildman–Crippen LogP) is 6.52. The molecule has 2 heterocycles. The molecule has 1 aliphatic carbocycles. The minimum Gasteiger partial charge on any atom is -0.190 e. The van der Waals surface area contributed by atoms with Crippen molar-refractivity contribution < 1.29 is 17.6 Å². The van der Waals surface area contributed by atoms with Crippen molar-refractivity contribution in [2.45, 2.75) is 32.1 Å². The standard InChI is InChI=1S/C27H20F4N2/c1-27(2)21-13-15(11-17-5-9-23(28)32-25(17)30)3-7-19(21)20-8-4-16(14-22(20)27)12-18-6-10-24(29)33-26(18)31/h3-10,13-14H,11-12H2,1-2H3. The summed E-state index contributed by atoms with van der Waals surface area (Å²) in [6.45, 7) is 4.23. The van der Waals surface area contributed by atoms with E-state index in [2.05, 4.69) is 35.9 Å². The van der Waals surface area contributed by atoms with Crippen LogP contribution in [0.15, 0.2) is 60.7 Å². The minimum absolute atomic E-state index is 0.306. The average molecular weight is 448 g/mol. The van der Waals surface area contributed by atoms with Crippen molar-refractivity contribution in [1.29, 1.82) is 0 Å². The Morgan fingerprint density at radius 2 is 1.03 bits per heavy atom. The molecule has 4 aromatic rings. The van der Waals surface area contributed by atoms with Crippen LogP contribution in [0.4, 0.5) is 17.6 Å². The van der Waals surface area contributed by atoms with Gasteiger partial charge in [0.25, 0.3) is 0 Å².